The van der Waals surface area contributed by atoms with E-state index in [2.05, 4.69) is 45.1 Å². The Kier molecular flexibility index (Phi) is 68.5. The van der Waals surface area contributed by atoms with E-state index >= 15 is 0 Å². The van der Waals surface area contributed by atoms with Gasteiger partial charge in [-0.2, -0.15) is 0 Å². The smallest absolute Gasteiger partial charge is 0.306 e. The number of hydrogen-bond donors (Lipinski definition) is 0. The first kappa shape index (κ1) is 78.9. The molecule has 0 heterocycles. The summed E-state index contributed by atoms with van der Waals surface area (Å²) in [5.74, 6) is -0.851. The van der Waals surface area contributed by atoms with E-state index in [1.165, 1.54) is 315 Å². The minimum atomic E-state index is -0.767. The highest BCUT2D eigenvalue weighted by Crippen LogP contribution is 2.19. The van der Waals surface area contributed by atoms with Gasteiger partial charge in [-0.05, 0) is 51.4 Å². The summed E-state index contributed by atoms with van der Waals surface area (Å²) in [7, 11) is 0. The maximum Gasteiger partial charge on any atom is 0.306 e. The predicted octanol–water partition coefficient (Wildman–Crippen LogP) is 25.3. The largest absolute Gasteiger partial charge is 0.462 e. The van der Waals surface area contributed by atoms with Gasteiger partial charge in [0.25, 0.3) is 0 Å². The van der Waals surface area contributed by atoms with Crippen LogP contribution in [0.4, 0.5) is 0 Å². The van der Waals surface area contributed by atoms with E-state index in [9.17, 15) is 14.4 Å². The van der Waals surface area contributed by atoms with Gasteiger partial charge in [0.1, 0.15) is 13.2 Å². The fraction of sp³-hybridized carbons (Fsp3) is 0.907. The molecule has 0 fully saturated rings. The molecule has 0 radical (unpaired) electrons. The molecule has 1 atom stereocenters. The molecule has 0 aromatic rings. The summed E-state index contributed by atoms with van der Waals surface area (Å²) in [6.07, 6.45) is 87.1. The number of carbonyl (C=O) groups excluding carboxylic acids is 3. The van der Waals surface area contributed by atoms with Crippen molar-refractivity contribution >= 4 is 17.9 Å². The molecule has 0 spiro atoms. The highest BCUT2D eigenvalue weighted by atomic mass is 16.6. The molecule has 0 saturated carbocycles. The molecule has 6 nitrogen and oxygen atoms in total. The van der Waals surface area contributed by atoms with Crippen LogP contribution in [0, 0.1) is 0 Å². The molecule has 0 saturated heterocycles. The average Bonchev–Trinajstić information content (AvgIpc) is 3.47. The first-order chi connectivity index (χ1) is 40.0. The van der Waals surface area contributed by atoms with Crippen LogP contribution in [0.2, 0.25) is 0 Å². The number of unbranched alkanes of at least 4 members (excludes halogenated alkanes) is 54. The molecule has 0 aliphatic rings. The molecule has 478 valence electrons. The van der Waals surface area contributed by atoms with Crippen molar-refractivity contribution in [2.75, 3.05) is 13.2 Å². The number of allylic oxidation sites excluding steroid dienone is 4. The molecular formula is C75H142O6. The van der Waals surface area contributed by atoms with Gasteiger partial charge in [0.15, 0.2) is 6.10 Å². The third-order valence-corrected chi connectivity index (χ3v) is 17.0. The molecule has 0 amide bonds. The van der Waals surface area contributed by atoms with Crippen LogP contribution < -0.4 is 0 Å². The molecule has 6 heteroatoms. The van der Waals surface area contributed by atoms with Gasteiger partial charge in [-0.15, -0.1) is 0 Å². The fourth-order valence-electron chi connectivity index (χ4n) is 11.4. The highest BCUT2D eigenvalue weighted by Gasteiger charge is 2.19. The van der Waals surface area contributed by atoms with Crippen molar-refractivity contribution < 1.29 is 28.6 Å². The number of esters is 3. The van der Waals surface area contributed by atoms with Crippen molar-refractivity contribution in [3.63, 3.8) is 0 Å². The lowest BCUT2D eigenvalue weighted by Gasteiger charge is -2.18. The van der Waals surface area contributed by atoms with Gasteiger partial charge in [-0.25, -0.2) is 0 Å². The summed E-state index contributed by atoms with van der Waals surface area (Å²) in [4.78, 5) is 38.1. The second-order valence-corrected chi connectivity index (χ2v) is 25.2. The van der Waals surface area contributed by atoms with E-state index in [0.717, 1.165) is 64.2 Å². The van der Waals surface area contributed by atoms with Crippen molar-refractivity contribution in [2.24, 2.45) is 0 Å². The van der Waals surface area contributed by atoms with Crippen molar-refractivity contribution in [1.82, 2.24) is 0 Å². The van der Waals surface area contributed by atoms with E-state index in [1.54, 1.807) is 0 Å². The van der Waals surface area contributed by atoms with Gasteiger partial charge >= 0.3 is 17.9 Å². The van der Waals surface area contributed by atoms with Gasteiger partial charge in [-0.3, -0.25) is 14.4 Å². The quantitative estimate of drug-likeness (QED) is 0.0261. The lowest BCUT2D eigenvalue weighted by molar-refractivity contribution is -0.167. The Bertz CT molecular complexity index is 1310. The second-order valence-electron chi connectivity index (χ2n) is 25.2. The number of rotatable bonds is 69. The van der Waals surface area contributed by atoms with Crippen LogP contribution in [0.3, 0.4) is 0 Å². The predicted molar refractivity (Wildman–Crippen MR) is 353 cm³/mol. The zero-order valence-electron chi connectivity index (χ0n) is 55.1. The molecule has 1 unspecified atom stereocenters. The van der Waals surface area contributed by atoms with Crippen LogP contribution >= 0.6 is 0 Å². The monoisotopic (exact) mass is 1140 g/mol. The van der Waals surface area contributed by atoms with Crippen LogP contribution in [0.5, 0.6) is 0 Å². The Balaban J connectivity index is 3.90. The van der Waals surface area contributed by atoms with E-state index in [1.807, 2.05) is 0 Å². The van der Waals surface area contributed by atoms with E-state index in [0.29, 0.717) is 19.3 Å². The SMILES string of the molecule is CCCCCCC/C=C\C/C=C\CCCCCCCCCCCCCC(=O)OC(COC(=O)CCCCCCCC)COC(=O)CCCCCCCCCCCCCCCCCCCCCCCCCCCCCCCCCCCC. The van der Waals surface area contributed by atoms with E-state index < -0.39 is 6.10 Å². The van der Waals surface area contributed by atoms with Gasteiger partial charge in [0, 0.05) is 19.3 Å². The van der Waals surface area contributed by atoms with Gasteiger partial charge in [-0.1, -0.05) is 373 Å². The molecule has 0 aliphatic heterocycles. The van der Waals surface area contributed by atoms with Gasteiger partial charge in [0.2, 0.25) is 0 Å². The molecule has 0 bridgehead atoms. The zero-order valence-corrected chi connectivity index (χ0v) is 55.1. The van der Waals surface area contributed by atoms with E-state index in [4.69, 9.17) is 14.2 Å². The third kappa shape index (κ3) is 68.6. The normalized spacial score (nSPS) is 12.1. The van der Waals surface area contributed by atoms with Crippen LogP contribution in [-0.2, 0) is 28.6 Å². The van der Waals surface area contributed by atoms with Crippen LogP contribution in [0.25, 0.3) is 0 Å². The first-order valence-corrected chi connectivity index (χ1v) is 36.8. The minimum absolute atomic E-state index is 0.0667. The van der Waals surface area contributed by atoms with Gasteiger partial charge in [0.05, 0.1) is 0 Å². The highest BCUT2D eigenvalue weighted by molar-refractivity contribution is 5.71. The molecule has 0 N–H and O–H groups in total. The Hall–Kier alpha value is -2.11. The van der Waals surface area contributed by atoms with Gasteiger partial charge < -0.3 is 14.2 Å². The zero-order chi connectivity index (χ0) is 58.5. The molecule has 0 aromatic carbocycles. The lowest BCUT2D eigenvalue weighted by Crippen LogP contribution is -2.30. The molecule has 0 rings (SSSR count). The molecule has 81 heavy (non-hydrogen) atoms. The van der Waals surface area contributed by atoms with Crippen molar-refractivity contribution in [3.05, 3.63) is 24.3 Å². The molecular weight excluding hydrogens is 997 g/mol. The maximum atomic E-state index is 12.9. The van der Waals surface area contributed by atoms with Crippen molar-refractivity contribution in [3.8, 4) is 0 Å². The average molecular weight is 1140 g/mol. The first-order valence-electron chi connectivity index (χ1n) is 36.8. The maximum absolute atomic E-state index is 12.9. The lowest BCUT2D eigenvalue weighted by atomic mass is 10.0. The third-order valence-electron chi connectivity index (χ3n) is 17.0. The van der Waals surface area contributed by atoms with E-state index in [-0.39, 0.29) is 31.1 Å². The summed E-state index contributed by atoms with van der Waals surface area (Å²) in [5.41, 5.74) is 0. The van der Waals surface area contributed by atoms with Crippen molar-refractivity contribution in [2.45, 2.75) is 425 Å². The molecule has 0 aromatic heterocycles. The van der Waals surface area contributed by atoms with Crippen LogP contribution in [-0.4, -0.2) is 37.2 Å². The van der Waals surface area contributed by atoms with Crippen LogP contribution in [0.15, 0.2) is 24.3 Å². The summed E-state index contributed by atoms with van der Waals surface area (Å²) in [6.45, 7) is 6.64. The topological polar surface area (TPSA) is 78.9 Å². The number of hydrogen-bond acceptors (Lipinski definition) is 6. The van der Waals surface area contributed by atoms with Crippen LogP contribution in [0.1, 0.15) is 419 Å². The Labute approximate surface area is 506 Å². The minimum Gasteiger partial charge on any atom is -0.462 e. The van der Waals surface area contributed by atoms with Crippen molar-refractivity contribution in [1.29, 1.82) is 0 Å². The Morgan fingerprint density at radius 3 is 0.679 bits per heavy atom. The summed E-state index contributed by atoms with van der Waals surface area (Å²) in [6, 6.07) is 0. The fourth-order valence-corrected chi connectivity index (χ4v) is 11.4. The second kappa shape index (κ2) is 70.4. The summed E-state index contributed by atoms with van der Waals surface area (Å²) >= 11 is 0. The standard InChI is InChI=1S/C75H142O6/c1-4-7-10-13-16-18-20-22-24-26-28-30-32-33-34-35-36-37-38-39-40-41-42-44-45-47-49-51-53-55-57-59-62-65-68-74(77)80-71-72(70-79-73(76)67-64-61-15-12-9-6-3)81-75(78)69-66-63-60-58-56-54-52-50-48-46-43-31-29-27-25-23-21-19-17-14-11-8-5-2/h21,23,27,29,72H,4-20,22,24-26,28,30-71H2,1-3H3/b23-21-,29-27-. The summed E-state index contributed by atoms with van der Waals surface area (Å²) < 4.78 is 16.9. The Morgan fingerprint density at radius 2 is 0.444 bits per heavy atom. The number of carbonyl (C=O) groups is 3. The summed E-state index contributed by atoms with van der Waals surface area (Å²) in [5, 5.41) is 0. The number of ether oxygens (including phenoxy) is 3. The Morgan fingerprint density at radius 1 is 0.247 bits per heavy atom. The molecule has 0 aliphatic carbocycles.